The van der Waals surface area contributed by atoms with Gasteiger partial charge in [0, 0.05) is 18.0 Å². The van der Waals surface area contributed by atoms with Crippen molar-refractivity contribution >= 4 is 17.4 Å². The molecule has 2 heterocycles. The van der Waals surface area contributed by atoms with Crippen molar-refractivity contribution in [3.63, 3.8) is 0 Å². The number of anilines is 1. The molecule has 1 aliphatic rings. The van der Waals surface area contributed by atoms with Crippen LogP contribution in [0.4, 0.5) is 5.82 Å². The zero-order chi connectivity index (χ0) is 8.55. The number of hydrogen-bond donors (Lipinski definition) is 1. The monoisotopic (exact) mass is 180 g/mol. The van der Waals surface area contributed by atoms with Crippen LogP contribution < -0.4 is 5.32 Å². The number of rotatable bonds is 0. The second-order valence-corrected chi connectivity index (χ2v) is 3.41. The lowest BCUT2D eigenvalue weighted by molar-refractivity contribution is 1.07. The molecule has 62 valence electrons. The molecule has 1 aromatic rings. The molecular formula is C9H9ClN2. The van der Waals surface area contributed by atoms with E-state index in [-0.39, 0.29) is 0 Å². The van der Waals surface area contributed by atoms with E-state index in [2.05, 4.69) is 17.2 Å². The summed E-state index contributed by atoms with van der Waals surface area (Å²) >= 11 is 5.81. The lowest BCUT2D eigenvalue weighted by atomic mass is 10.1. The van der Waals surface area contributed by atoms with Crippen LogP contribution in [0.1, 0.15) is 12.5 Å². The minimum atomic E-state index is 0.699. The van der Waals surface area contributed by atoms with Gasteiger partial charge in [-0.1, -0.05) is 17.2 Å². The van der Waals surface area contributed by atoms with Crippen molar-refractivity contribution in [2.75, 3.05) is 5.32 Å². The van der Waals surface area contributed by atoms with E-state index >= 15 is 0 Å². The molecular weight excluding hydrogens is 172 g/mol. The van der Waals surface area contributed by atoms with Gasteiger partial charge in [0.15, 0.2) is 0 Å². The van der Waals surface area contributed by atoms with Crippen LogP contribution in [0.25, 0.3) is 0 Å². The molecule has 0 aromatic carbocycles. The van der Waals surface area contributed by atoms with Gasteiger partial charge in [-0.2, -0.15) is 0 Å². The summed E-state index contributed by atoms with van der Waals surface area (Å²) in [5, 5.41) is 3.81. The van der Waals surface area contributed by atoms with E-state index in [1.54, 1.807) is 6.20 Å². The van der Waals surface area contributed by atoms with Crippen molar-refractivity contribution in [2.45, 2.75) is 13.3 Å². The second kappa shape index (κ2) is 2.79. The average molecular weight is 181 g/mol. The van der Waals surface area contributed by atoms with Gasteiger partial charge >= 0.3 is 0 Å². The highest BCUT2D eigenvalue weighted by molar-refractivity contribution is 6.30. The van der Waals surface area contributed by atoms with Crippen LogP contribution in [-0.4, -0.2) is 4.98 Å². The Morgan fingerprint density at radius 1 is 1.58 bits per heavy atom. The number of nitrogens with zero attached hydrogens (tertiary/aromatic N) is 1. The Balaban J connectivity index is 2.43. The largest absolute Gasteiger partial charge is 0.346 e. The Morgan fingerprint density at radius 2 is 2.42 bits per heavy atom. The molecule has 3 heteroatoms. The molecule has 2 rings (SSSR count). The van der Waals surface area contributed by atoms with E-state index in [1.165, 1.54) is 11.1 Å². The molecule has 0 amide bonds. The van der Waals surface area contributed by atoms with Crippen molar-refractivity contribution in [1.82, 2.24) is 4.98 Å². The van der Waals surface area contributed by atoms with Crippen LogP contribution in [0.15, 0.2) is 24.0 Å². The van der Waals surface area contributed by atoms with E-state index < -0.39 is 0 Å². The van der Waals surface area contributed by atoms with Crippen LogP contribution >= 0.6 is 11.6 Å². The molecule has 0 spiro atoms. The fourth-order valence-electron chi connectivity index (χ4n) is 1.29. The quantitative estimate of drug-likeness (QED) is 0.664. The number of allylic oxidation sites excluding steroid dienone is 1. The summed E-state index contributed by atoms with van der Waals surface area (Å²) in [6.07, 6.45) is 4.57. The van der Waals surface area contributed by atoms with Gasteiger partial charge < -0.3 is 5.32 Å². The number of nitrogens with one attached hydrogen (secondary N) is 1. The molecule has 0 saturated carbocycles. The van der Waals surface area contributed by atoms with Crippen LogP contribution in [0.5, 0.6) is 0 Å². The standard InChI is InChI=1S/C9H9ClN2/c1-6-2-7-3-8(10)5-12-9(7)11-4-6/h3-5H,2H2,1H3,(H,11,12). The number of hydrogen-bond acceptors (Lipinski definition) is 2. The minimum Gasteiger partial charge on any atom is -0.346 e. The van der Waals surface area contributed by atoms with E-state index in [1.807, 2.05) is 12.3 Å². The van der Waals surface area contributed by atoms with Crippen LogP contribution in [0.3, 0.4) is 0 Å². The van der Waals surface area contributed by atoms with Gasteiger partial charge in [-0.25, -0.2) is 4.98 Å². The fourth-order valence-corrected chi connectivity index (χ4v) is 1.47. The summed E-state index contributed by atoms with van der Waals surface area (Å²) in [4.78, 5) is 4.17. The first-order valence-corrected chi connectivity index (χ1v) is 4.20. The summed E-state index contributed by atoms with van der Waals surface area (Å²) < 4.78 is 0. The van der Waals surface area contributed by atoms with Crippen LogP contribution in [0.2, 0.25) is 5.02 Å². The summed E-state index contributed by atoms with van der Waals surface area (Å²) in [6, 6.07) is 1.95. The van der Waals surface area contributed by atoms with Gasteiger partial charge in [0.1, 0.15) is 5.82 Å². The van der Waals surface area contributed by atoms with Gasteiger partial charge in [-0.15, -0.1) is 0 Å². The summed E-state index contributed by atoms with van der Waals surface area (Å²) in [5.74, 6) is 0.921. The Morgan fingerprint density at radius 3 is 3.25 bits per heavy atom. The zero-order valence-corrected chi connectivity index (χ0v) is 7.52. The summed E-state index contributed by atoms with van der Waals surface area (Å²) in [6.45, 7) is 2.08. The Bertz CT molecular complexity index is 344. The Labute approximate surface area is 76.3 Å². The molecule has 0 bridgehead atoms. The minimum absolute atomic E-state index is 0.699. The van der Waals surface area contributed by atoms with E-state index in [0.29, 0.717) is 5.02 Å². The first kappa shape index (κ1) is 7.62. The molecule has 1 aliphatic heterocycles. The normalized spacial score (nSPS) is 14.7. The van der Waals surface area contributed by atoms with Crippen molar-refractivity contribution in [3.8, 4) is 0 Å². The predicted molar refractivity (Wildman–Crippen MR) is 50.3 cm³/mol. The number of pyridine rings is 1. The average Bonchev–Trinajstić information content (AvgIpc) is 2.03. The first-order chi connectivity index (χ1) is 5.75. The SMILES string of the molecule is CC1=CNc2ncc(Cl)cc2C1. The fraction of sp³-hybridized carbons (Fsp3) is 0.222. The van der Waals surface area contributed by atoms with Gasteiger partial charge in [0.25, 0.3) is 0 Å². The van der Waals surface area contributed by atoms with E-state index in [0.717, 1.165) is 12.2 Å². The summed E-state index contributed by atoms with van der Waals surface area (Å²) in [7, 11) is 0. The smallest absolute Gasteiger partial charge is 0.133 e. The number of halogens is 1. The van der Waals surface area contributed by atoms with Crippen molar-refractivity contribution in [2.24, 2.45) is 0 Å². The highest BCUT2D eigenvalue weighted by Crippen LogP contribution is 2.23. The molecule has 0 radical (unpaired) electrons. The highest BCUT2D eigenvalue weighted by atomic mass is 35.5. The molecule has 0 aliphatic carbocycles. The molecule has 0 atom stereocenters. The molecule has 2 nitrogen and oxygen atoms in total. The van der Waals surface area contributed by atoms with Gasteiger partial charge in [0.05, 0.1) is 5.02 Å². The van der Waals surface area contributed by atoms with Gasteiger partial charge in [-0.3, -0.25) is 0 Å². The molecule has 0 saturated heterocycles. The van der Waals surface area contributed by atoms with Crippen molar-refractivity contribution in [1.29, 1.82) is 0 Å². The molecule has 12 heavy (non-hydrogen) atoms. The van der Waals surface area contributed by atoms with Crippen molar-refractivity contribution < 1.29 is 0 Å². The number of fused-ring (bicyclic) bond motifs is 1. The second-order valence-electron chi connectivity index (χ2n) is 2.97. The topological polar surface area (TPSA) is 24.9 Å². The predicted octanol–water partition coefficient (Wildman–Crippen LogP) is 2.61. The lowest BCUT2D eigenvalue weighted by Gasteiger charge is -2.14. The third-order valence-corrected chi connectivity index (χ3v) is 2.06. The molecule has 0 unspecified atom stereocenters. The maximum absolute atomic E-state index is 5.81. The maximum atomic E-state index is 5.81. The maximum Gasteiger partial charge on any atom is 0.133 e. The third kappa shape index (κ3) is 1.30. The van der Waals surface area contributed by atoms with Crippen LogP contribution in [0, 0.1) is 0 Å². The van der Waals surface area contributed by atoms with E-state index in [4.69, 9.17) is 11.6 Å². The summed E-state index contributed by atoms with van der Waals surface area (Å²) in [5.41, 5.74) is 2.47. The van der Waals surface area contributed by atoms with Gasteiger partial charge in [0.2, 0.25) is 0 Å². The first-order valence-electron chi connectivity index (χ1n) is 3.82. The third-order valence-electron chi connectivity index (χ3n) is 1.86. The van der Waals surface area contributed by atoms with Crippen molar-refractivity contribution in [3.05, 3.63) is 34.6 Å². The van der Waals surface area contributed by atoms with Crippen LogP contribution in [-0.2, 0) is 6.42 Å². The Hall–Kier alpha value is -1.02. The van der Waals surface area contributed by atoms with Gasteiger partial charge in [-0.05, 0) is 19.4 Å². The molecule has 1 N–H and O–H groups in total. The zero-order valence-electron chi connectivity index (χ0n) is 6.76. The molecule has 0 fully saturated rings. The Kier molecular flexibility index (Phi) is 1.77. The lowest BCUT2D eigenvalue weighted by Crippen LogP contribution is -2.05. The number of aromatic nitrogens is 1. The highest BCUT2D eigenvalue weighted by Gasteiger charge is 2.08. The molecule has 1 aromatic heterocycles. The van der Waals surface area contributed by atoms with E-state index in [9.17, 15) is 0 Å².